The number of benzene rings is 1. The van der Waals surface area contributed by atoms with Crippen LogP contribution in [0.15, 0.2) is 24.3 Å². The van der Waals surface area contributed by atoms with Gasteiger partial charge in [-0.25, -0.2) is 0 Å². The second kappa shape index (κ2) is 10.8. The fraction of sp³-hybridized carbons (Fsp3) is 0.571. The Morgan fingerprint density at radius 1 is 1.18 bits per heavy atom. The normalized spacial score (nSPS) is 25.7. The van der Waals surface area contributed by atoms with Crippen LogP contribution in [-0.4, -0.2) is 58.5 Å². The molecule has 8 nitrogen and oxygen atoms in total. The maximum atomic E-state index is 13.7. The maximum absolute atomic E-state index is 13.7. The van der Waals surface area contributed by atoms with Crippen LogP contribution >= 0.6 is 0 Å². The number of ketones is 2. The first-order chi connectivity index (χ1) is 18.3. The summed E-state index contributed by atoms with van der Waals surface area (Å²) in [6.07, 6.45) is 5.24. The molecule has 2 aromatic rings. The summed E-state index contributed by atoms with van der Waals surface area (Å²) in [6, 6.07) is 4.60. The van der Waals surface area contributed by atoms with E-state index in [-0.39, 0.29) is 53.1 Å². The quantitative estimate of drug-likeness (QED) is 0.505. The van der Waals surface area contributed by atoms with E-state index in [4.69, 9.17) is 0 Å². The van der Waals surface area contributed by atoms with Crippen molar-refractivity contribution >= 4 is 34.3 Å². The van der Waals surface area contributed by atoms with E-state index in [1.54, 1.807) is 24.0 Å². The Bertz CT molecular complexity index is 1240. The van der Waals surface area contributed by atoms with Crippen molar-refractivity contribution in [2.45, 2.75) is 77.0 Å². The number of fused-ring (bicyclic) bond motifs is 2. The third-order valence-corrected chi connectivity index (χ3v) is 8.50. The van der Waals surface area contributed by atoms with Crippen molar-refractivity contribution in [1.82, 2.24) is 15.2 Å². The number of hydrogen-bond acceptors (Lipinski definition) is 5. The minimum Gasteiger partial charge on any atom is -0.434 e. The van der Waals surface area contributed by atoms with Gasteiger partial charge in [0.05, 0.1) is 6.04 Å². The Kier molecular flexibility index (Phi) is 7.49. The van der Waals surface area contributed by atoms with Gasteiger partial charge in [-0.15, -0.1) is 0 Å². The van der Waals surface area contributed by atoms with Gasteiger partial charge in [0.2, 0.25) is 5.91 Å². The number of Topliss-reactive ketones (excluding diaryl/α,β-unsaturated/α-hetero) is 2. The topological polar surface area (TPSA) is 109 Å². The summed E-state index contributed by atoms with van der Waals surface area (Å²) in [5, 5.41) is 3.27. The smallest absolute Gasteiger partial charge is 0.387 e. The van der Waals surface area contributed by atoms with Crippen LogP contribution < -0.4 is 10.1 Å². The molecule has 5 atom stereocenters. The lowest BCUT2D eigenvalue weighted by molar-refractivity contribution is -0.131. The van der Waals surface area contributed by atoms with E-state index in [0.29, 0.717) is 30.3 Å². The number of likely N-dealkylation sites (tertiary alicyclic amines) is 1. The van der Waals surface area contributed by atoms with E-state index >= 15 is 0 Å². The van der Waals surface area contributed by atoms with Gasteiger partial charge in [-0.1, -0.05) is 19.4 Å². The zero-order valence-corrected chi connectivity index (χ0v) is 21.4. The number of nitrogens with zero attached hydrogens (tertiary/aromatic N) is 1. The standard InChI is InChI=1S/C28H33F2N3O5/c1-2-22(34)20(12-15-6-4-10-23(15)35)32-26(36)25-17-8-3-7-16(17)14-33(25)27(37)21-13-18-19(31-21)9-5-11-24(18)38-28(29)30/h5,9,11,13,15-17,20,25,28,31H,2-4,6-8,10,12,14H2,1H3,(H,32,36)/t15-,16-,17-,20-,25-/m0/s1. The Morgan fingerprint density at radius 3 is 2.71 bits per heavy atom. The van der Waals surface area contributed by atoms with Crippen molar-refractivity contribution in [3.05, 3.63) is 30.0 Å². The molecule has 2 heterocycles. The van der Waals surface area contributed by atoms with E-state index in [1.165, 1.54) is 12.1 Å². The lowest BCUT2D eigenvalue weighted by Gasteiger charge is -2.29. The molecule has 1 aliphatic heterocycles. The molecule has 38 heavy (non-hydrogen) atoms. The molecule has 1 saturated heterocycles. The summed E-state index contributed by atoms with van der Waals surface area (Å²) in [5.41, 5.74) is 0.655. The first-order valence-corrected chi connectivity index (χ1v) is 13.5. The van der Waals surface area contributed by atoms with Gasteiger partial charge in [0, 0.05) is 36.2 Å². The summed E-state index contributed by atoms with van der Waals surface area (Å²) in [6.45, 7) is -0.859. The minimum absolute atomic E-state index is 0.0217. The molecule has 10 heteroatoms. The number of aromatic amines is 1. The molecule has 0 radical (unpaired) electrons. The number of alkyl halides is 2. The average Bonchev–Trinajstić information content (AvgIpc) is 3.66. The largest absolute Gasteiger partial charge is 0.434 e. The molecule has 2 N–H and O–H groups in total. The molecule has 3 aliphatic rings. The second-order valence-electron chi connectivity index (χ2n) is 10.7. The average molecular weight is 530 g/mol. The highest BCUT2D eigenvalue weighted by molar-refractivity contribution is 6.02. The Balaban J connectivity index is 1.39. The molecule has 2 amide bonds. The number of hydrogen-bond donors (Lipinski definition) is 2. The van der Waals surface area contributed by atoms with Crippen LogP contribution in [0.5, 0.6) is 5.75 Å². The van der Waals surface area contributed by atoms with E-state index in [9.17, 15) is 28.0 Å². The fourth-order valence-corrected chi connectivity index (χ4v) is 6.64. The number of H-pyrrole nitrogens is 1. The molecule has 2 saturated carbocycles. The predicted octanol–water partition coefficient (Wildman–Crippen LogP) is 4.23. The molecular weight excluding hydrogens is 496 g/mol. The number of carbonyl (C=O) groups is 4. The summed E-state index contributed by atoms with van der Waals surface area (Å²) < 4.78 is 30.4. The summed E-state index contributed by atoms with van der Waals surface area (Å²) in [7, 11) is 0. The number of halogens is 2. The molecule has 204 valence electrons. The van der Waals surface area contributed by atoms with Crippen LogP contribution in [0.1, 0.15) is 68.8 Å². The van der Waals surface area contributed by atoms with Crippen molar-refractivity contribution in [1.29, 1.82) is 0 Å². The van der Waals surface area contributed by atoms with Gasteiger partial charge in [0.15, 0.2) is 5.78 Å². The van der Waals surface area contributed by atoms with Crippen molar-refractivity contribution in [2.24, 2.45) is 17.8 Å². The number of rotatable bonds is 9. The van der Waals surface area contributed by atoms with Crippen LogP contribution in [0.4, 0.5) is 8.78 Å². The lowest BCUT2D eigenvalue weighted by Crippen LogP contribution is -2.53. The first-order valence-electron chi connectivity index (χ1n) is 13.5. The number of aromatic nitrogens is 1. The highest BCUT2D eigenvalue weighted by Gasteiger charge is 2.50. The van der Waals surface area contributed by atoms with Crippen molar-refractivity contribution in [2.75, 3.05) is 6.54 Å². The van der Waals surface area contributed by atoms with Crippen molar-refractivity contribution in [3.8, 4) is 5.75 Å². The monoisotopic (exact) mass is 529 g/mol. The minimum atomic E-state index is -3.00. The molecule has 0 unspecified atom stereocenters. The van der Waals surface area contributed by atoms with E-state index in [1.807, 2.05) is 0 Å². The zero-order chi connectivity index (χ0) is 27.0. The summed E-state index contributed by atoms with van der Waals surface area (Å²) >= 11 is 0. The molecule has 3 fully saturated rings. The third kappa shape index (κ3) is 5.05. The molecular formula is C28H33F2N3O5. The SMILES string of the molecule is CCC(=O)[C@H](C[C@@H]1CCCC1=O)NC(=O)[C@@H]1[C@H]2CCC[C@H]2CN1C(=O)c1cc2c(OC(F)F)cccc2[nH]1. The molecule has 1 aromatic heterocycles. The van der Waals surface area contributed by atoms with Crippen LogP contribution in [0.3, 0.4) is 0 Å². The first kappa shape index (κ1) is 26.3. The Morgan fingerprint density at radius 2 is 2.00 bits per heavy atom. The van der Waals surface area contributed by atoms with Gasteiger partial charge in [-0.3, -0.25) is 19.2 Å². The van der Waals surface area contributed by atoms with Crippen LogP contribution in [0.25, 0.3) is 10.9 Å². The maximum Gasteiger partial charge on any atom is 0.387 e. The Hall–Kier alpha value is -3.30. The zero-order valence-electron chi connectivity index (χ0n) is 21.4. The number of amides is 2. The van der Waals surface area contributed by atoms with Gasteiger partial charge < -0.3 is 19.9 Å². The van der Waals surface area contributed by atoms with Crippen molar-refractivity contribution in [3.63, 3.8) is 0 Å². The third-order valence-electron chi connectivity index (χ3n) is 8.50. The van der Waals surface area contributed by atoms with E-state index in [2.05, 4.69) is 15.0 Å². The van der Waals surface area contributed by atoms with E-state index in [0.717, 1.165) is 32.1 Å². The lowest BCUT2D eigenvalue weighted by atomic mass is 9.91. The molecule has 0 bridgehead atoms. The van der Waals surface area contributed by atoms with Crippen molar-refractivity contribution < 1.29 is 32.7 Å². The van der Waals surface area contributed by atoms with Gasteiger partial charge >= 0.3 is 6.61 Å². The van der Waals surface area contributed by atoms with Crippen LogP contribution in [0, 0.1) is 17.8 Å². The van der Waals surface area contributed by atoms with Crippen LogP contribution in [-0.2, 0) is 14.4 Å². The summed E-state index contributed by atoms with van der Waals surface area (Å²) in [4.78, 5) is 57.0. The highest BCUT2D eigenvalue weighted by Crippen LogP contribution is 2.43. The number of nitrogens with one attached hydrogen (secondary N) is 2. The number of ether oxygens (including phenoxy) is 1. The predicted molar refractivity (Wildman–Crippen MR) is 135 cm³/mol. The van der Waals surface area contributed by atoms with Gasteiger partial charge in [0.1, 0.15) is 23.3 Å². The fourth-order valence-electron chi connectivity index (χ4n) is 6.64. The van der Waals surface area contributed by atoms with Gasteiger partial charge in [-0.05, 0) is 62.1 Å². The number of carbonyl (C=O) groups excluding carboxylic acids is 4. The Labute approximate surface area is 219 Å². The highest BCUT2D eigenvalue weighted by atomic mass is 19.3. The molecule has 2 aliphatic carbocycles. The van der Waals surface area contributed by atoms with Gasteiger partial charge in [0.25, 0.3) is 5.91 Å². The molecule has 5 rings (SSSR count). The molecule has 0 spiro atoms. The second-order valence-corrected chi connectivity index (χ2v) is 10.7. The summed E-state index contributed by atoms with van der Waals surface area (Å²) in [5.74, 6) is -0.879. The van der Waals surface area contributed by atoms with Crippen LogP contribution in [0.2, 0.25) is 0 Å². The van der Waals surface area contributed by atoms with Gasteiger partial charge in [-0.2, -0.15) is 8.78 Å². The molecule has 1 aromatic carbocycles. The van der Waals surface area contributed by atoms with E-state index < -0.39 is 24.6 Å².